The van der Waals surface area contributed by atoms with Gasteiger partial charge in [-0.3, -0.25) is 4.79 Å². The van der Waals surface area contributed by atoms with Gasteiger partial charge in [-0.2, -0.15) is 0 Å². The highest BCUT2D eigenvalue weighted by Gasteiger charge is 2.61. The highest BCUT2D eigenvalue weighted by Crippen LogP contribution is 2.55. The number of esters is 1. The number of ether oxygens (including phenoxy) is 2. The van der Waals surface area contributed by atoms with Crippen LogP contribution in [0.2, 0.25) is 0 Å². The molecule has 2 unspecified atom stereocenters. The van der Waals surface area contributed by atoms with E-state index >= 15 is 0 Å². The number of hydrogen-bond donors (Lipinski definition) is 0. The second-order valence-corrected chi connectivity index (χ2v) is 6.43. The monoisotopic (exact) mass is 276 g/mol. The van der Waals surface area contributed by atoms with Crippen LogP contribution in [0, 0.1) is 5.92 Å². The van der Waals surface area contributed by atoms with Gasteiger partial charge in [0.15, 0.2) is 0 Å². The molecule has 1 saturated carbocycles. The molecule has 0 aromatic heterocycles. The maximum Gasteiger partial charge on any atom is 0.312 e. The number of methoxy groups -OCH3 is 1. The normalized spacial score (nSPS) is 25.4. The van der Waals surface area contributed by atoms with E-state index in [4.69, 9.17) is 9.47 Å². The zero-order valence-corrected chi connectivity index (χ0v) is 13.0. The van der Waals surface area contributed by atoms with Crippen LogP contribution < -0.4 is 0 Å². The fourth-order valence-electron chi connectivity index (χ4n) is 2.68. The Labute approximate surface area is 121 Å². The molecule has 0 N–H and O–H groups in total. The van der Waals surface area contributed by atoms with Crippen molar-refractivity contribution >= 4 is 5.97 Å². The molecule has 1 aliphatic rings. The standard InChI is InChI=1S/C17H24O3/c1-6-20-15(18)14-11-17(14,19-5)13-9-7-12(8-10-13)16(2,3)4/h7-10,14H,6,11H2,1-5H3. The molecule has 20 heavy (non-hydrogen) atoms. The number of carbonyl (C=O) groups is 1. The number of rotatable bonds is 4. The van der Waals surface area contributed by atoms with Gasteiger partial charge in [0, 0.05) is 7.11 Å². The first-order valence-electron chi connectivity index (χ1n) is 7.18. The van der Waals surface area contributed by atoms with E-state index in [1.54, 1.807) is 7.11 Å². The third-order valence-electron chi connectivity index (χ3n) is 4.09. The van der Waals surface area contributed by atoms with E-state index in [-0.39, 0.29) is 17.3 Å². The summed E-state index contributed by atoms with van der Waals surface area (Å²) in [6.45, 7) is 8.80. The lowest BCUT2D eigenvalue weighted by Crippen LogP contribution is -2.20. The van der Waals surface area contributed by atoms with Crippen LogP contribution in [-0.2, 0) is 25.3 Å². The van der Waals surface area contributed by atoms with Crippen LogP contribution in [0.3, 0.4) is 0 Å². The maximum absolute atomic E-state index is 11.9. The van der Waals surface area contributed by atoms with Crippen molar-refractivity contribution in [2.24, 2.45) is 5.92 Å². The Bertz CT molecular complexity index is 484. The number of hydrogen-bond acceptors (Lipinski definition) is 3. The summed E-state index contributed by atoms with van der Waals surface area (Å²) < 4.78 is 10.7. The third kappa shape index (κ3) is 2.59. The summed E-state index contributed by atoms with van der Waals surface area (Å²) in [5, 5.41) is 0. The molecular formula is C17H24O3. The summed E-state index contributed by atoms with van der Waals surface area (Å²) in [5.41, 5.74) is 1.98. The minimum Gasteiger partial charge on any atom is -0.466 e. The van der Waals surface area contributed by atoms with Gasteiger partial charge in [0.2, 0.25) is 0 Å². The van der Waals surface area contributed by atoms with Crippen LogP contribution in [0.4, 0.5) is 0 Å². The Hall–Kier alpha value is -1.35. The zero-order chi connectivity index (χ0) is 15.0. The first-order chi connectivity index (χ1) is 9.35. The van der Waals surface area contributed by atoms with E-state index in [0.29, 0.717) is 13.0 Å². The molecule has 110 valence electrons. The Balaban J connectivity index is 2.20. The second-order valence-electron chi connectivity index (χ2n) is 6.43. The maximum atomic E-state index is 11.9. The summed E-state index contributed by atoms with van der Waals surface area (Å²) >= 11 is 0. The topological polar surface area (TPSA) is 35.5 Å². The van der Waals surface area contributed by atoms with Crippen molar-refractivity contribution in [3.63, 3.8) is 0 Å². The molecule has 1 aliphatic carbocycles. The van der Waals surface area contributed by atoms with E-state index in [0.717, 1.165) is 5.56 Å². The first-order valence-corrected chi connectivity index (χ1v) is 7.18. The Morgan fingerprint density at radius 1 is 1.30 bits per heavy atom. The van der Waals surface area contributed by atoms with Gasteiger partial charge in [-0.05, 0) is 29.9 Å². The predicted molar refractivity (Wildman–Crippen MR) is 78.6 cm³/mol. The molecule has 3 nitrogen and oxygen atoms in total. The van der Waals surface area contributed by atoms with Crippen molar-refractivity contribution < 1.29 is 14.3 Å². The average molecular weight is 276 g/mol. The molecular weight excluding hydrogens is 252 g/mol. The highest BCUT2D eigenvalue weighted by atomic mass is 16.5. The Morgan fingerprint density at radius 3 is 2.35 bits per heavy atom. The molecule has 3 heteroatoms. The molecule has 1 fully saturated rings. The zero-order valence-electron chi connectivity index (χ0n) is 13.0. The quantitative estimate of drug-likeness (QED) is 0.791. The van der Waals surface area contributed by atoms with Gasteiger partial charge in [-0.15, -0.1) is 0 Å². The summed E-state index contributed by atoms with van der Waals surface area (Å²) in [6.07, 6.45) is 0.706. The minimum absolute atomic E-state index is 0.128. The summed E-state index contributed by atoms with van der Waals surface area (Å²) in [6, 6.07) is 8.39. The molecule has 0 amide bonds. The van der Waals surface area contributed by atoms with E-state index in [1.807, 2.05) is 6.92 Å². The van der Waals surface area contributed by atoms with Crippen molar-refractivity contribution in [1.82, 2.24) is 0 Å². The van der Waals surface area contributed by atoms with E-state index in [1.165, 1.54) is 5.56 Å². The van der Waals surface area contributed by atoms with Gasteiger partial charge < -0.3 is 9.47 Å². The predicted octanol–water partition coefficient (Wildman–Crippen LogP) is 3.41. The van der Waals surface area contributed by atoms with Gasteiger partial charge in [-0.1, -0.05) is 45.0 Å². The summed E-state index contributed by atoms with van der Waals surface area (Å²) in [7, 11) is 1.66. The first kappa shape index (κ1) is 15.0. The molecule has 0 saturated heterocycles. The minimum atomic E-state index is -0.483. The summed E-state index contributed by atoms with van der Waals surface area (Å²) in [5.74, 6) is -0.331. The largest absolute Gasteiger partial charge is 0.466 e. The number of benzene rings is 1. The molecule has 1 aromatic carbocycles. The van der Waals surface area contributed by atoms with Crippen molar-refractivity contribution in [2.75, 3.05) is 13.7 Å². The van der Waals surface area contributed by atoms with Gasteiger partial charge in [0.05, 0.1) is 12.5 Å². The average Bonchev–Trinajstić information content (AvgIpc) is 3.14. The van der Waals surface area contributed by atoms with E-state index in [2.05, 4.69) is 45.0 Å². The van der Waals surface area contributed by atoms with Crippen LogP contribution in [0.25, 0.3) is 0 Å². The van der Waals surface area contributed by atoms with Gasteiger partial charge in [-0.25, -0.2) is 0 Å². The van der Waals surface area contributed by atoms with Crippen LogP contribution in [0.15, 0.2) is 24.3 Å². The summed E-state index contributed by atoms with van der Waals surface area (Å²) in [4.78, 5) is 11.9. The third-order valence-corrected chi connectivity index (χ3v) is 4.09. The fraction of sp³-hybridized carbons (Fsp3) is 0.588. The van der Waals surface area contributed by atoms with Crippen LogP contribution in [0.1, 0.15) is 45.2 Å². The molecule has 1 aromatic rings. The molecule has 0 bridgehead atoms. The van der Waals surface area contributed by atoms with Gasteiger partial charge in [0.1, 0.15) is 5.60 Å². The van der Waals surface area contributed by atoms with Crippen LogP contribution in [-0.4, -0.2) is 19.7 Å². The van der Waals surface area contributed by atoms with Crippen molar-refractivity contribution in [2.45, 2.75) is 45.1 Å². The van der Waals surface area contributed by atoms with Crippen LogP contribution >= 0.6 is 0 Å². The molecule has 2 rings (SSSR count). The van der Waals surface area contributed by atoms with E-state index in [9.17, 15) is 4.79 Å². The van der Waals surface area contributed by atoms with Crippen molar-refractivity contribution in [3.05, 3.63) is 35.4 Å². The lowest BCUT2D eigenvalue weighted by molar-refractivity contribution is -0.147. The smallest absolute Gasteiger partial charge is 0.312 e. The lowest BCUT2D eigenvalue weighted by atomic mass is 9.86. The highest BCUT2D eigenvalue weighted by molar-refractivity contribution is 5.78. The number of carbonyl (C=O) groups excluding carboxylic acids is 1. The van der Waals surface area contributed by atoms with Crippen molar-refractivity contribution in [3.8, 4) is 0 Å². The Kier molecular flexibility index (Phi) is 3.92. The molecule has 0 radical (unpaired) electrons. The fourth-order valence-corrected chi connectivity index (χ4v) is 2.68. The molecule has 2 atom stereocenters. The van der Waals surface area contributed by atoms with Crippen LogP contribution in [0.5, 0.6) is 0 Å². The lowest BCUT2D eigenvalue weighted by Gasteiger charge is -2.21. The van der Waals surface area contributed by atoms with Crippen molar-refractivity contribution in [1.29, 1.82) is 0 Å². The molecule has 0 heterocycles. The second kappa shape index (κ2) is 5.21. The molecule has 0 aliphatic heterocycles. The molecule has 0 spiro atoms. The van der Waals surface area contributed by atoms with Gasteiger partial charge >= 0.3 is 5.97 Å². The Morgan fingerprint density at radius 2 is 1.90 bits per heavy atom. The van der Waals surface area contributed by atoms with Gasteiger partial charge in [0.25, 0.3) is 0 Å². The van der Waals surface area contributed by atoms with E-state index < -0.39 is 5.60 Å². The SMILES string of the molecule is CCOC(=O)C1CC1(OC)c1ccc(C(C)(C)C)cc1.